The van der Waals surface area contributed by atoms with Crippen molar-refractivity contribution in [1.82, 2.24) is 0 Å². The lowest BCUT2D eigenvalue weighted by Gasteiger charge is -2.00. The average molecular weight is 114 g/mol. The minimum absolute atomic E-state index is 1.06. The van der Waals surface area contributed by atoms with E-state index in [1.165, 1.54) is 0 Å². The Morgan fingerprint density at radius 2 is 2.25 bits per heavy atom. The summed E-state index contributed by atoms with van der Waals surface area (Å²) in [6.07, 6.45) is 4.23. The van der Waals surface area contributed by atoms with Crippen LogP contribution in [0.1, 0.15) is 26.7 Å². The Labute approximate surface area is 51.4 Å². The molecule has 0 aliphatic carbocycles. The smallest absolute Gasteiger partial charge is 0.0912 e. The van der Waals surface area contributed by atoms with Gasteiger partial charge in [0.15, 0.2) is 0 Å². The summed E-state index contributed by atoms with van der Waals surface area (Å²) in [4.78, 5) is 0. The van der Waals surface area contributed by atoms with Crippen LogP contribution in [0, 0.1) is 0 Å². The zero-order chi connectivity index (χ0) is 6.41. The topological polar surface area (TPSA) is 9.23 Å². The van der Waals surface area contributed by atoms with Crippen molar-refractivity contribution in [3.05, 3.63) is 11.8 Å². The molecule has 0 rings (SSSR count). The Kier molecular flexibility index (Phi) is 4.42. The number of hydrogen-bond donors (Lipinski definition) is 0. The van der Waals surface area contributed by atoms with E-state index in [0.29, 0.717) is 0 Å². The molecule has 8 heavy (non-hydrogen) atoms. The van der Waals surface area contributed by atoms with Gasteiger partial charge in [0.25, 0.3) is 0 Å². The Hall–Kier alpha value is -0.460. The van der Waals surface area contributed by atoms with Gasteiger partial charge in [0.05, 0.1) is 12.9 Å². The SMILES string of the molecule is C/C=C(/CCC)OC. The van der Waals surface area contributed by atoms with Gasteiger partial charge in [-0.05, 0) is 19.4 Å². The van der Waals surface area contributed by atoms with Crippen LogP contribution < -0.4 is 0 Å². The van der Waals surface area contributed by atoms with Crippen LogP contribution in [0.2, 0.25) is 0 Å². The molecule has 0 radical (unpaired) electrons. The van der Waals surface area contributed by atoms with Gasteiger partial charge in [-0.25, -0.2) is 0 Å². The van der Waals surface area contributed by atoms with E-state index in [4.69, 9.17) is 4.74 Å². The molecule has 0 aromatic rings. The summed E-state index contributed by atoms with van der Waals surface area (Å²) >= 11 is 0. The summed E-state index contributed by atoms with van der Waals surface area (Å²) in [5.41, 5.74) is 0. The number of allylic oxidation sites excluding steroid dienone is 2. The summed E-state index contributed by atoms with van der Waals surface area (Å²) in [5.74, 6) is 1.09. The van der Waals surface area contributed by atoms with E-state index in [2.05, 4.69) is 6.92 Å². The molecule has 0 fully saturated rings. The molecule has 0 aliphatic heterocycles. The van der Waals surface area contributed by atoms with Crippen molar-refractivity contribution in [2.75, 3.05) is 7.11 Å². The van der Waals surface area contributed by atoms with E-state index in [1.54, 1.807) is 7.11 Å². The van der Waals surface area contributed by atoms with Crippen LogP contribution in [0.4, 0.5) is 0 Å². The van der Waals surface area contributed by atoms with Crippen molar-refractivity contribution in [3.8, 4) is 0 Å². The van der Waals surface area contributed by atoms with Crippen molar-refractivity contribution in [3.63, 3.8) is 0 Å². The monoisotopic (exact) mass is 114 g/mol. The maximum atomic E-state index is 5.00. The molecule has 0 spiro atoms. The highest BCUT2D eigenvalue weighted by Crippen LogP contribution is 2.03. The normalized spacial score (nSPS) is 11.6. The molecule has 0 saturated heterocycles. The second-order valence-electron chi connectivity index (χ2n) is 1.71. The molecular formula is C7H14O. The van der Waals surface area contributed by atoms with Gasteiger partial charge < -0.3 is 4.74 Å². The summed E-state index contributed by atoms with van der Waals surface area (Å²) in [6.45, 7) is 4.14. The molecule has 0 unspecified atom stereocenters. The molecule has 0 bridgehead atoms. The van der Waals surface area contributed by atoms with Crippen LogP contribution in [0.25, 0.3) is 0 Å². The number of ether oxygens (including phenoxy) is 1. The standard InChI is InChI=1S/C7H14O/c1-4-6-7(5-2)8-3/h5H,4,6H2,1-3H3/b7-5-. The summed E-state index contributed by atoms with van der Waals surface area (Å²) in [6, 6.07) is 0. The largest absolute Gasteiger partial charge is 0.501 e. The predicted octanol–water partition coefficient (Wildman–Crippen LogP) is 2.34. The molecule has 0 N–H and O–H groups in total. The molecule has 0 aliphatic rings. The summed E-state index contributed by atoms with van der Waals surface area (Å²) in [5, 5.41) is 0. The third-order valence-corrected chi connectivity index (χ3v) is 1.08. The van der Waals surface area contributed by atoms with Crippen molar-refractivity contribution in [1.29, 1.82) is 0 Å². The van der Waals surface area contributed by atoms with Crippen molar-refractivity contribution in [2.45, 2.75) is 26.7 Å². The first-order valence-electron chi connectivity index (χ1n) is 3.04. The van der Waals surface area contributed by atoms with Crippen LogP contribution >= 0.6 is 0 Å². The van der Waals surface area contributed by atoms with Gasteiger partial charge in [0.1, 0.15) is 0 Å². The quantitative estimate of drug-likeness (QED) is 0.512. The Morgan fingerprint density at radius 1 is 1.62 bits per heavy atom. The number of hydrogen-bond acceptors (Lipinski definition) is 1. The first-order valence-corrected chi connectivity index (χ1v) is 3.04. The third-order valence-electron chi connectivity index (χ3n) is 1.08. The van der Waals surface area contributed by atoms with Crippen molar-refractivity contribution >= 4 is 0 Å². The zero-order valence-corrected chi connectivity index (χ0v) is 5.90. The summed E-state index contributed by atoms with van der Waals surface area (Å²) < 4.78 is 5.00. The van der Waals surface area contributed by atoms with E-state index >= 15 is 0 Å². The molecule has 0 heterocycles. The highest BCUT2D eigenvalue weighted by molar-refractivity contribution is 4.88. The van der Waals surface area contributed by atoms with Gasteiger partial charge in [-0.2, -0.15) is 0 Å². The highest BCUT2D eigenvalue weighted by atomic mass is 16.5. The van der Waals surface area contributed by atoms with Gasteiger partial charge in [-0.15, -0.1) is 0 Å². The Balaban J connectivity index is 3.38. The van der Waals surface area contributed by atoms with Crippen LogP contribution in [-0.4, -0.2) is 7.11 Å². The van der Waals surface area contributed by atoms with Gasteiger partial charge in [0.2, 0.25) is 0 Å². The molecular weight excluding hydrogens is 100 g/mol. The lowest BCUT2D eigenvalue weighted by molar-refractivity contribution is 0.275. The van der Waals surface area contributed by atoms with Crippen LogP contribution in [0.5, 0.6) is 0 Å². The fourth-order valence-corrected chi connectivity index (χ4v) is 0.611. The second kappa shape index (κ2) is 4.69. The first-order chi connectivity index (χ1) is 3.85. The van der Waals surface area contributed by atoms with Gasteiger partial charge in [-0.3, -0.25) is 0 Å². The fourth-order valence-electron chi connectivity index (χ4n) is 0.611. The van der Waals surface area contributed by atoms with Crippen molar-refractivity contribution < 1.29 is 4.74 Å². The lowest BCUT2D eigenvalue weighted by Crippen LogP contribution is -1.83. The molecule has 1 nitrogen and oxygen atoms in total. The minimum atomic E-state index is 1.06. The molecule has 0 aromatic heterocycles. The molecule has 0 saturated carbocycles. The lowest BCUT2D eigenvalue weighted by atomic mass is 10.3. The first kappa shape index (κ1) is 7.54. The Bertz CT molecular complexity index is 74.5. The van der Waals surface area contributed by atoms with Crippen LogP contribution in [-0.2, 0) is 4.74 Å². The molecule has 1 heteroatoms. The van der Waals surface area contributed by atoms with E-state index < -0.39 is 0 Å². The van der Waals surface area contributed by atoms with Gasteiger partial charge in [0, 0.05) is 6.42 Å². The van der Waals surface area contributed by atoms with Crippen molar-refractivity contribution in [2.24, 2.45) is 0 Å². The van der Waals surface area contributed by atoms with Crippen LogP contribution in [0.3, 0.4) is 0 Å². The Morgan fingerprint density at radius 3 is 2.38 bits per heavy atom. The minimum Gasteiger partial charge on any atom is -0.501 e. The number of rotatable bonds is 3. The number of methoxy groups -OCH3 is 1. The highest BCUT2D eigenvalue weighted by Gasteiger charge is 1.87. The maximum absolute atomic E-state index is 5.00. The average Bonchev–Trinajstić information content (AvgIpc) is 1.83. The van der Waals surface area contributed by atoms with E-state index in [0.717, 1.165) is 18.6 Å². The van der Waals surface area contributed by atoms with Gasteiger partial charge >= 0.3 is 0 Å². The van der Waals surface area contributed by atoms with E-state index in [9.17, 15) is 0 Å². The molecule has 48 valence electrons. The summed E-state index contributed by atoms with van der Waals surface area (Å²) in [7, 11) is 1.71. The third kappa shape index (κ3) is 2.67. The van der Waals surface area contributed by atoms with E-state index in [1.807, 2.05) is 13.0 Å². The van der Waals surface area contributed by atoms with E-state index in [-0.39, 0.29) is 0 Å². The van der Waals surface area contributed by atoms with Gasteiger partial charge in [-0.1, -0.05) is 6.92 Å². The fraction of sp³-hybridized carbons (Fsp3) is 0.714. The second-order valence-corrected chi connectivity index (χ2v) is 1.71. The molecule has 0 aromatic carbocycles. The molecule has 0 amide bonds. The molecule has 0 atom stereocenters. The maximum Gasteiger partial charge on any atom is 0.0912 e. The predicted molar refractivity (Wildman–Crippen MR) is 35.7 cm³/mol. The van der Waals surface area contributed by atoms with Crippen LogP contribution in [0.15, 0.2) is 11.8 Å². The zero-order valence-electron chi connectivity index (χ0n) is 5.90.